The van der Waals surface area contributed by atoms with E-state index in [0.29, 0.717) is 30.8 Å². The summed E-state index contributed by atoms with van der Waals surface area (Å²) in [6.07, 6.45) is -5.25. The highest BCUT2D eigenvalue weighted by Crippen LogP contribution is 2.43. The van der Waals surface area contributed by atoms with Crippen LogP contribution in [0.1, 0.15) is 70.1 Å². The number of aliphatic hydroxyl groups is 1. The zero-order chi connectivity index (χ0) is 46.4. The average molecular weight is 893 g/mol. The predicted octanol–water partition coefficient (Wildman–Crippen LogP) is 3.74. The Morgan fingerprint density at radius 2 is 1.28 bits per heavy atom. The van der Waals surface area contributed by atoms with Gasteiger partial charge in [0.2, 0.25) is 11.8 Å². The SMILES string of the molecule is COc1ccc(C(OC[C@H]2C[C@@H](NC(=O)CCCCO[C@H]3O[C@@H](COC(C)=O)[C@@H](OC(C)=O)[C@@H](OC(C)=O)[C@@H]3NC(C)=O)[C@H](OC)[C@@H]2O)(c2ccccc2)c2ccc(OC)cc2)cc1. The van der Waals surface area contributed by atoms with Gasteiger partial charge < -0.3 is 58.4 Å². The summed E-state index contributed by atoms with van der Waals surface area (Å²) in [5.41, 5.74) is 1.44. The first kappa shape index (κ1) is 49.4. The normalized spacial score (nSPS) is 24.2. The number of carbonyl (C=O) groups is 5. The number of carbonyl (C=O) groups excluding carboxylic acids is 5. The number of unbranched alkanes of at least 4 members (excludes halogenated alkanes) is 1. The van der Waals surface area contributed by atoms with Crippen molar-refractivity contribution in [1.82, 2.24) is 10.6 Å². The molecular weight excluding hydrogens is 833 g/mol. The second-order valence-electron chi connectivity index (χ2n) is 15.7. The summed E-state index contributed by atoms with van der Waals surface area (Å²) >= 11 is 0. The van der Waals surface area contributed by atoms with Crippen molar-refractivity contribution in [2.24, 2.45) is 5.92 Å². The zero-order valence-electron chi connectivity index (χ0n) is 37.3. The monoisotopic (exact) mass is 892 g/mol. The van der Waals surface area contributed by atoms with Gasteiger partial charge in [0.1, 0.15) is 42.0 Å². The molecule has 1 aliphatic heterocycles. The summed E-state index contributed by atoms with van der Waals surface area (Å²) in [6.45, 7) is 4.56. The van der Waals surface area contributed by atoms with Crippen LogP contribution in [-0.4, -0.2) is 125 Å². The minimum Gasteiger partial charge on any atom is -0.497 e. The topological polar surface area (TPSA) is 213 Å². The molecule has 2 fully saturated rings. The number of ether oxygens (including phenoxy) is 9. The van der Waals surface area contributed by atoms with Crippen LogP contribution in [-0.2, 0) is 62.7 Å². The molecule has 348 valence electrons. The van der Waals surface area contributed by atoms with Crippen LogP contribution in [0.15, 0.2) is 78.9 Å². The third kappa shape index (κ3) is 12.6. The van der Waals surface area contributed by atoms with Crippen LogP contribution in [0.25, 0.3) is 0 Å². The first-order chi connectivity index (χ1) is 30.7. The maximum absolute atomic E-state index is 13.4. The van der Waals surface area contributed by atoms with Crippen LogP contribution in [0.5, 0.6) is 11.5 Å². The Morgan fingerprint density at radius 3 is 1.81 bits per heavy atom. The zero-order valence-corrected chi connectivity index (χ0v) is 37.3. The van der Waals surface area contributed by atoms with E-state index in [1.807, 2.05) is 78.9 Å². The van der Waals surface area contributed by atoms with Gasteiger partial charge in [-0.05, 0) is 60.2 Å². The lowest BCUT2D eigenvalue weighted by molar-refractivity contribution is -0.277. The number of amides is 2. The Kier molecular flexibility index (Phi) is 18.0. The fraction of sp³-hybridized carbons (Fsp3) is 0.511. The van der Waals surface area contributed by atoms with Gasteiger partial charge in [0.05, 0.1) is 33.0 Å². The molecule has 0 unspecified atom stereocenters. The number of hydrogen-bond donors (Lipinski definition) is 3. The van der Waals surface area contributed by atoms with Crippen LogP contribution in [0, 0.1) is 5.92 Å². The van der Waals surface area contributed by atoms with Crippen molar-refractivity contribution < 1.29 is 71.7 Å². The molecule has 3 N–H and O–H groups in total. The molecule has 1 aliphatic carbocycles. The Hall–Kier alpha value is -5.59. The van der Waals surface area contributed by atoms with E-state index in [1.54, 1.807) is 14.2 Å². The van der Waals surface area contributed by atoms with E-state index in [1.165, 1.54) is 21.0 Å². The van der Waals surface area contributed by atoms with Crippen LogP contribution >= 0.6 is 0 Å². The first-order valence-electron chi connectivity index (χ1n) is 21.2. The summed E-state index contributed by atoms with van der Waals surface area (Å²) < 4.78 is 51.9. The number of hydrogen-bond acceptors (Lipinski definition) is 15. The van der Waals surface area contributed by atoms with Gasteiger partial charge in [0, 0.05) is 53.8 Å². The predicted molar refractivity (Wildman–Crippen MR) is 229 cm³/mol. The molecule has 3 aromatic carbocycles. The average Bonchev–Trinajstić information content (AvgIpc) is 3.57. The number of methoxy groups -OCH3 is 3. The van der Waals surface area contributed by atoms with Gasteiger partial charge in [-0.2, -0.15) is 0 Å². The molecule has 0 bridgehead atoms. The van der Waals surface area contributed by atoms with E-state index in [-0.39, 0.29) is 32.1 Å². The number of benzene rings is 3. The van der Waals surface area contributed by atoms with Crippen LogP contribution < -0.4 is 20.1 Å². The van der Waals surface area contributed by atoms with Crippen molar-refractivity contribution in [1.29, 1.82) is 0 Å². The Bertz CT molecular complexity index is 1950. The molecule has 0 radical (unpaired) electrons. The lowest BCUT2D eigenvalue weighted by atomic mass is 9.79. The van der Waals surface area contributed by atoms with Gasteiger partial charge in [-0.25, -0.2) is 0 Å². The van der Waals surface area contributed by atoms with Gasteiger partial charge in [-0.15, -0.1) is 0 Å². The number of rotatable bonds is 21. The van der Waals surface area contributed by atoms with Crippen molar-refractivity contribution in [3.63, 3.8) is 0 Å². The Balaban J connectivity index is 1.24. The molecule has 17 heteroatoms. The molecule has 64 heavy (non-hydrogen) atoms. The molecular formula is C47H60N2O15. The summed E-state index contributed by atoms with van der Waals surface area (Å²) in [6, 6.07) is 23.5. The Labute approximate surface area is 373 Å². The van der Waals surface area contributed by atoms with Crippen molar-refractivity contribution in [2.45, 2.75) is 108 Å². The molecule has 1 saturated heterocycles. The standard InChI is InChI=1S/C47H60N2O15/c1-28(50)48-41-45(63-31(4)53)44(62-30(3)52)39(27-60-29(2)51)64-46(41)59-24-12-11-15-40(54)49-38-25-32(42(55)43(38)58-7)26-61-47(33-13-9-8-10-14-33,34-16-20-36(56-5)21-17-34)35-18-22-37(57-6)23-19-35/h8-10,13-14,16-23,32,38-39,41-46,55H,11-12,15,24-27H2,1-7H3,(H,48,50)(H,49,54)/t32-,38-,39+,41+,42-,43+,44-,45+,46+/m1/s1. The molecule has 1 saturated carbocycles. The highest BCUT2D eigenvalue weighted by atomic mass is 16.7. The number of aliphatic hydroxyl groups excluding tert-OH is 1. The van der Waals surface area contributed by atoms with Gasteiger partial charge in [0.25, 0.3) is 0 Å². The molecule has 2 amide bonds. The second kappa shape index (κ2) is 23.4. The summed E-state index contributed by atoms with van der Waals surface area (Å²) in [4.78, 5) is 61.5. The van der Waals surface area contributed by atoms with Crippen molar-refractivity contribution in [3.8, 4) is 11.5 Å². The molecule has 9 atom stereocenters. The quantitative estimate of drug-likeness (QED) is 0.0602. The van der Waals surface area contributed by atoms with Gasteiger partial charge in [0.15, 0.2) is 18.5 Å². The van der Waals surface area contributed by atoms with E-state index in [9.17, 15) is 29.1 Å². The lowest BCUT2D eigenvalue weighted by Crippen LogP contribution is -2.66. The fourth-order valence-electron chi connectivity index (χ4n) is 8.32. The van der Waals surface area contributed by atoms with Gasteiger partial charge in [-0.3, -0.25) is 24.0 Å². The smallest absolute Gasteiger partial charge is 0.303 e. The molecule has 0 spiro atoms. The van der Waals surface area contributed by atoms with Crippen molar-refractivity contribution in [2.75, 3.05) is 41.2 Å². The highest BCUT2D eigenvalue weighted by molar-refractivity contribution is 5.76. The molecule has 17 nitrogen and oxygen atoms in total. The van der Waals surface area contributed by atoms with Crippen LogP contribution in [0.3, 0.4) is 0 Å². The largest absolute Gasteiger partial charge is 0.497 e. The third-order valence-electron chi connectivity index (χ3n) is 11.2. The van der Waals surface area contributed by atoms with E-state index in [2.05, 4.69) is 10.6 Å². The Morgan fingerprint density at radius 1 is 0.703 bits per heavy atom. The highest BCUT2D eigenvalue weighted by Gasteiger charge is 2.51. The number of nitrogens with one attached hydrogen (secondary N) is 2. The van der Waals surface area contributed by atoms with E-state index in [0.717, 1.165) is 30.5 Å². The molecule has 2 aliphatic rings. The van der Waals surface area contributed by atoms with E-state index in [4.69, 9.17) is 42.6 Å². The summed E-state index contributed by atoms with van der Waals surface area (Å²) in [5, 5.41) is 17.3. The molecule has 1 heterocycles. The van der Waals surface area contributed by atoms with Crippen molar-refractivity contribution in [3.05, 3.63) is 95.6 Å². The van der Waals surface area contributed by atoms with E-state index < -0.39 is 84.2 Å². The molecule has 5 rings (SSSR count). The third-order valence-corrected chi connectivity index (χ3v) is 11.2. The lowest BCUT2D eigenvalue weighted by Gasteiger charge is -2.44. The fourth-order valence-corrected chi connectivity index (χ4v) is 8.32. The van der Waals surface area contributed by atoms with E-state index >= 15 is 0 Å². The second-order valence-corrected chi connectivity index (χ2v) is 15.7. The minimum absolute atomic E-state index is 0.0488. The molecule has 0 aromatic heterocycles. The van der Waals surface area contributed by atoms with Crippen molar-refractivity contribution >= 4 is 29.7 Å². The maximum atomic E-state index is 13.4. The van der Waals surface area contributed by atoms with Crippen LogP contribution in [0.2, 0.25) is 0 Å². The summed E-state index contributed by atoms with van der Waals surface area (Å²) in [7, 11) is 4.71. The van der Waals surface area contributed by atoms with Gasteiger partial charge in [-0.1, -0.05) is 54.6 Å². The first-order valence-corrected chi connectivity index (χ1v) is 21.2. The molecule has 3 aromatic rings. The number of esters is 3. The maximum Gasteiger partial charge on any atom is 0.303 e. The van der Waals surface area contributed by atoms with Gasteiger partial charge >= 0.3 is 17.9 Å². The summed E-state index contributed by atoms with van der Waals surface area (Å²) in [5.74, 6) is -1.87. The van der Waals surface area contributed by atoms with Crippen LogP contribution in [0.4, 0.5) is 0 Å². The minimum atomic E-state index is -1.25.